The second-order valence-corrected chi connectivity index (χ2v) is 23.9. The van der Waals surface area contributed by atoms with Gasteiger partial charge in [-0.15, -0.1) is 0 Å². The van der Waals surface area contributed by atoms with Gasteiger partial charge in [0.05, 0.1) is 0 Å². The molecule has 0 unspecified atom stereocenters. The molecule has 0 aromatic rings. The molecule has 1 saturated heterocycles. The van der Waals surface area contributed by atoms with Gasteiger partial charge < -0.3 is 18.3 Å². The molecule has 35 heavy (non-hydrogen) atoms. The fraction of sp³-hybridized carbons (Fsp3) is 0.893. The molecule has 202 valence electrons. The van der Waals surface area contributed by atoms with Gasteiger partial charge in [-0.2, -0.15) is 0 Å². The van der Waals surface area contributed by atoms with E-state index in [1.165, 1.54) is 19.3 Å². The number of carbonyl (C=O) groups excluding carboxylic acids is 1. The van der Waals surface area contributed by atoms with Crippen LogP contribution >= 0.6 is 0 Å². The van der Waals surface area contributed by atoms with Gasteiger partial charge in [0.1, 0.15) is 0 Å². The summed E-state index contributed by atoms with van der Waals surface area (Å²) in [4.78, 5) is 13.6. The zero-order valence-electron chi connectivity index (χ0n) is 24.2. The molecule has 3 rings (SSSR count). The fourth-order valence-corrected chi connectivity index (χ4v) is 6.95. The predicted molar refractivity (Wildman–Crippen MR) is 147 cm³/mol. The van der Waals surface area contributed by atoms with Gasteiger partial charge >= 0.3 is 5.97 Å². The highest BCUT2D eigenvalue weighted by Gasteiger charge is 2.58. The maximum Gasteiger partial charge on any atom is 0.341 e. The second-order valence-electron chi connectivity index (χ2n) is 14.3. The Morgan fingerprint density at radius 1 is 0.886 bits per heavy atom. The minimum absolute atomic E-state index is 0.111. The molecule has 0 N–H and O–H groups in total. The van der Waals surface area contributed by atoms with Crippen LogP contribution in [0.1, 0.15) is 80.1 Å². The summed E-state index contributed by atoms with van der Waals surface area (Å²) < 4.78 is 25.9. The molecule has 1 aliphatic heterocycles. The standard InChI is InChI=1S/C28H52O5Si2/c1-26(2,3)34(7,8)30-19-21-16-17-23(20-31-35(9,10)27(4,5)6)28(18-21)25(29)32-24(33-28)22-14-12-11-13-15-22/h16-17,21-24H,11-15,18-20H2,1-10H3/t21-,23-,24-,28-/m0/s1. The van der Waals surface area contributed by atoms with Crippen LogP contribution in [0.25, 0.3) is 0 Å². The molecular formula is C28H52O5Si2. The van der Waals surface area contributed by atoms with Crippen molar-refractivity contribution < 1.29 is 23.1 Å². The Balaban J connectivity index is 1.81. The number of cyclic esters (lactones) is 1. The Morgan fingerprint density at radius 3 is 1.97 bits per heavy atom. The van der Waals surface area contributed by atoms with Crippen molar-refractivity contribution in [2.45, 2.75) is 128 Å². The Bertz CT molecular complexity index is 773. The van der Waals surface area contributed by atoms with Crippen molar-refractivity contribution in [3.8, 4) is 0 Å². The Morgan fingerprint density at radius 2 is 1.43 bits per heavy atom. The summed E-state index contributed by atoms with van der Waals surface area (Å²) in [6, 6.07) is 0. The zero-order valence-corrected chi connectivity index (χ0v) is 26.2. The smallest absolute Gasteiger partial charge is 0.341 e. The molecule has 0 aromatic heterocycles. The first kappa shape index (κ1) is 29.1. The SMILES string of the molecule is CC(C)(C)[Si](C)(C)OC[C@H]1C=C[C@@H](CO[Si](C)(C)C(C)(C)C)[C@]2(C1)O[C@@H](C1CCCCC1)OC2=O. The van der Waals surface area contributed by atoms with Crippen LogP contribution < -0.4 is 0 Å². The lowest BCUT2D eigenvalue weighted by molar-refractivity contribution is -0.149. The summed E-state index contributed by atoms with van der Waals surface area (Å²) in [5.74, 6) is 0.105. The average molecular weight is 525 g/mol. The molecular weight excluding hydrogens is 472 g/mol. The third kappa shape index (κ3) is 6.33. The molecule has 4 atom stereocenters. The van der Waals surface area contributed by atoms with Crippen molar-refractivity contribution in [3.05, 3.63) is 12.2 Å². The van der Waals surface area contributed by atoms with Gasteiger partial charge in [-0.3, -0.25) is 0 Å². The van der Waals surface area contributed by atoms with Crippen LogP contribution in [0.3, 0.4) is 0 Å². The third-order valence-electron chi connectivity index (χ3n) is 9.60. The van der Waals surface area contributed by atoms with Crippen molar-refractivity contribution in [1.82, 2.24) is 0 Å². The molecule has 7 heteroatoms. The first-order valence-electron chi connectivity index (χ1n) is 13.8. The summed E-state index contributed by atoms with van der Waals surface area (Å²) in [5, 5.41) is 0.261. The van der Waals surface area contributed by atoms with Crippen LogP contribution in [0, 0.1) is 17.8 Å². The highest BCUT2D eigenvalue weighted by Crippen LogP contribution is 2.47. The van der Waals surface area contributed by atoms with Crippen LogP contribution in [-0.4, -0.2) is 47.7 Å². The molecule has 2 fully saturated rings. The minimum Gasteiger partial charge on any atom is -0.433 e. The van der Waals surface area contributed by atoms with Gasteiger partial charge in [0, 0.05) is 31.0 Å². The van der Waals surface area contributed by atoms with E-state index in [1.807, 2.05) is 0 Å². The van der Waals surface area contributed by atoms with E-state index in [0.717, 1.165) is 12.8 Å². The summed E-state index contributed by atoms with van der Waals surface area (Å²) in [6.45, 7) is 23.7. The summed E-state index contributed by atoms with van der Waals surface area (Å²) in [7, 11) is -3.85. The molecule has 2 aliphatic carbocycles. The minimum atomic E-state index is -1.97. The van der Waals surface area contributed by atoms with Crippen molar-refractivity contribution in [3.63, 3.8) is 0 Å². The molecule has 3 aliphatic rings. The number of esters is 1. The molecule has 1 saturated carbocycles. The highest BCUT2D eigenvalue weighted by atomic mass is 28.4. The molecule has 0 aromatic carbocycles. The van der Waals surface area contributed by atoms with E-state index in [0.29, 0.717) is 25.6 Å². The van der Waals surface area contributed by atoms with E-state index in [1.54, 1.807) is 0 Å². The van der Waals surface area contributed by atoms with E-state index in [2.05, 4.69) is 79.9 Å². The second kappa shape index (κ2) is 10.4. The first-order chi connectivity index (χ1) is 16.0. The summed E-state index contributed by atoms with van der Waals surface area (Å²) in [5.41, 5.74) is -0.972. The average Bonchev–Trinajstić information content (AvgIpc) is 3.07. The first-order valence-corrected chi connectivity index (χ1v) is 19.7. The highest BCUT2D eigenvalue weighted by molar-refractivity contribution is 6.74. The maximum atomic E-state index is 13.6. The van der Waals surface area contributed by atoms with E-state index >= 15 is 0 Å². The Labute approximate surface area is 217 Å². The predicted octanol–water partition coefficient (Wildman–Crippen LogP) is 7.44. The van der Waals surface area contributed by atoms with Gasteiger partial charge in [-0.1, -0.05) is 73.0 Å². The Kier molecular flexibility index (Phi) is 8.60. The van der Waals surface area contributed by atoms with Crippen molar-refractivity contribution >= 4 is 22.6 Å². The normalized spacial score (nSPS) is 31.3. The lowest BCUT2D eigenvalue weighted by atomic mass is 9.75. The van der Waals surface area contributed by atoms with Crippen LogP contribution in [0.4, 0.5) is 0 Å². The molecule has 1 heterocycles. The van der Waals surface area contributed by atoms with Crippen molar-refractivity contribution in [2.24, 2.45) is 17.8 Å². The molecule has 0 radical (unpaired) electrons. The van der Waals surface area contributed by atoms with Crippen molar-refractivity contribution in [1.29, 1.82) is 0 Å². The van der Waals surface area contributed by atoms with E-state index in [9.17, 15) is 4.79 Å². The van der Waals surface area contributed by atoms with Crippen LogP contribution in [0.5, 0.6) is 0 Å². The Hall–Kier alpha value is -0.476. The molecule has 5 nitrogen and oxygen atoms in total. The van der Waals surface area contributed by atoms with Gasteiger partial charge in [0.15, 0.2) is 22.2 Å². The number of ether oxygens (including phenoxy) is 2. The van der Waals surface area contributed by atoms with Gasteiger partial charge in [-0.05, 0) is 55.5 Å². The number of carbonyl (C=O) groups is 1. The number of rotatable bonds is 7. The van der Waals surface area contributed by atoms with E-state index < -0.39 is 28.5 Å². The molecule has 0 bridgehead atoms. The topological polar surface area (TPSA) is 54.0 Å². The number of hydrogen-bond donors (Lipinski definition) is 0. The quantitative estimate of drug-likeness (QED) is 0.197. The molecule has 0 amide bonds. The number of hydrogen-bond acceptors (Lipinski definition) is 5. The largest absolute Gasteiger partial charge is 0.433 e. The summed E-state index contributed by atoms with van der Waals surface area (Å²) >= 11 is 0. The van der Waals surface area contributed by atoms with E-state index in [4.69, 9.17) is 18.3 Å². The monoisotopic (exact) mass is 524 g/mol. The van der Waals surface area contributed by atoms with Crippen LogP contribution in [0.15, 0.2) is 12.2 Å². The van der Waals surface area contributed by atoms with Crippen LogP contribution in [-0.2, 0) is 23.1 Å². The molecule has 1 spiro atoms. The van der Waals surface area contributed by atoms with Gasteiger partial charge in [0.2, 0.25) is 6.29 Å². The maximum absolute atomic E-state index is 13.6. The van der Waals surface area contributed by atoms with Gasteiger partial charge in [-0.25, -0.2) is 4.79 Å². The van der Waals surface area contributed by atoms with E-state index in [-0.39, 0.29) is 27.9 Å². The van der Waals surface area contributed by atoms with Gasteiger partial charge in [0.25, 0.3) is 0 Å². The van der Waals surface area contributed by atoms with Crippen molar-refractivity contribution in [2.75, 3.05) is 13.2 Å². The van der Waals surface area contributed by atoms with Crippen LogP contribution in [0.2, 0.25) is 36.3 Å². The lowest BCUT2D eigenvalue weighted by Gasteiger charge is -2.42. The zero-order chi connectivity index (χ0) is 26.3. The third-order valence-corrected chi connectivity index (χ3v) is 18.6. The fourth-order valence-electron chi connectivity index (χ4n) is 4.86. The lowest BCUT2D eigenvalue weighted by Crippen LogP contribution is -2.52. The summed E-state index contributed by atoms with van der Waals surface area (Å²) in [6.07, 6.45) is 10.4.